The van der Waals surface area contributed by atoms with Crippen molar-refractivity contribution in [3.8, 4) is 0 Å². The normalized spacial score (nSPS) is 23.5. The molecule has 88 valence electrons. The number of carbonyl (C=O) groups excluding carboxylic acids is 1. The van der Waals surface area contributed by atoms with Crippen molar-refractivity contribution in [2.45, 2.75) is 19.4 Å². The molecule has 0 saturated carbocycles. The minimum Gasteiger partial charge on any atom is -0.442 e. The Bertz CT molecular complexity index is 482. The van der Waals surface area contributed by atoms with Crippen molar-refractivity contribution < 1.29 is 9.90 Å². The van der Waals surface area contributed by atoms with Gasteiger partial charge >= 0.3 is 0 Å². The summed E-state index contributed by atoms with van der Waals surface area (Å²) in [4.78, 5) is 15.1. The molecule has 0 unspecified atom stereocenters. The van der Waals surface area contributed by atoms with Crippen LogP contribution in [0, 0.1) is 0 Å². The van der Waals surface area contributed by atoms with E-state index in [0.29, 0.717) is 11.4 Å². The highest BCUT2D eigenvalue weighted by Gasteiger charge is 2.18. The minimum atomic E-state index is -0.790. The van der Waals surface area contributed by atoms with E-state index in [1.807, 2.05) is 12.2 Å². The third kappa shape index (κ3) is 2.60. The maximum atomic E-state index is 11.0. The number of aliphatic hydroxyl groups excluding tert-OH is 1. The van der Waals surface area contributed by atoms with Crippen molar-refractivity contribution in [1.29, 1.82) is 0 Å². The lowest BCUT2D eigenvalue weighted by molar-refractivity contribution is -0.118. The third-order valence-electron chi connectivity index (χ3n) is 2.50. The van der Waals surface area contributed by atoms with Crippen molar-refractivity contribution in [3.05, 3.63) is 52.8 Å². The molecule has 4 heteroatoms. The van der Waals surface area contributed by atoms with Crippen molar-refractivity contribution in [1.82, 2.24) is 0 Å². The van der Waals surface area contributed by atoms with Gasteiger partial charge in [0.05, 0.1) is 6.10 Å². The predicted octanol–water partition coefficient (Wildman–Crippen LogP) is 2.01. The molecule has 17 heavy (non-hydrogen) atoms. The van der Waals surface area contributed by atoms with Gasteiger partial charge in [0.25, 0.3) is 0 Å². The van der Waals surface area contributed by atoms with Gasteiger partial charge in [-0.2, -0.15) is 0 Å². The lowest BCUT2D eigenvalue weighted by Crippen LogP contribution is -2.15. The van der Waals surface area contributed by atoms with Crippen LogP contribution in [0.4, 0.5) is 0 Å². The number of hydrogen-bond donors (Lipinski definition) is 1. The van der Waals surface area contributed by atoms with Crippen LogP contribution in [0.2, 0.25) is 0 Å². The van der Waals surface area contributed by atoms with E-state index < -0.39 is 6.10 Å². The molecule has 2 aliphatic rings. The summed E-state index contributed by atoms with van der Waals surface area (Å²) in [5.41, 5.74) is 1.48. The van der Waals surface area contributed by atoms with Gasteiger partial charge in [-0.3, -0.25) is 4.79 Å². The van der Waals surface area contributed by atoms with Gasteiger partial charge in [0.1, 0.15) is 5.78 Å². The third-order valence-corrected chi connectivity index (χ3v) is 2.50. The molecule has 1 aliphatic carbocycles. The van der Waals surface area contributed by atoms with Gasteiger partial charge in [0, 0.05) is 6.42 Å². The number of rotatable bonds is 3. The van der Waals surface area contributed by atoms with Crippen LogP contribution in [-0.4, -0.2) is 23.2 Å². The van der Waals surface area contributed by atoms with Gasteiger partial charge in [-0.05, 0) is 18.1 Å². The summed E-state index contributed by atoms with van der Waals surface area (Å²) in [5, 5.41) is 14.1. The summed E-state index contributed by atoms with van der Waals surface area (Å²) >= 11 is 0. The van der Waals surface area contributed by atoms with E-state index in [1.165, 1.54) is 6.92 Å². The van der Waals surface area contributed by atoms with Crippen LogP contribution < -0.4 is 0 Å². The average Bonchev–Trinajstić information content (AvgIpc) is 2.78. The molecule has 0 fully saturated rings. The summed E-state index contributed by atoms with van der Waals surface area (Å²) < 4.78 is 0. The summed E-state index contributed by atoms with van der Waals surface area (Å²) in [6.07, 6.45) is 9.81. The Kier molecular flexibility index (Phi) is 3.35. The van der Waals surface area contributed by atoms with E-state index in [4.69, 9.17) is 0 Å². The number of carbonyl (C=O) groups is 1. The topological polar surface area (TPSA) is 63.8 Å². The molecule has 0 aromatic rings. The Balaban J connectivity index is 2.22. The van der Waals surface area contributed by atoms with E-state index in [0.717, 1.165) is 5.57 Å². The molecule has 0 amide bonds. The van der Waals surface area contributed by atoms with Crippen LogP contribution in [-0.2, 0) is 4.79 Å². The molecule has 1 aliphatic heterocycles. The summed E-state index contributed by atoms with van der Waals surface area (Å²) in [7, 11) is 0. The van der Waals surface area contributed by atoms with Gasteiger partial charge in [0.15, 0.2) is 0 Å². The second-order valence-electron chi connectivity index (χ2n) is 3.89. The van der Waals surface area contributed by atoms with Gasteiger partial charge in [-0.15, -0.1) is 0 Å². The second-order valence-corrected chi connectivity index (χ2v) is 3.89. The lowest BCUT2D eigenvalue weighted by Gasteiger charge is -2.22. The van der Waals surface area contributed by atoms with E-state index in [2.05, 4.69) is 10.3 Å². The van der Waals surface area contributed by atoms with Gasteiger partial charge in [0.2, 0.25) is 0 Å². The Morgan fingerprint density at radius 3 is 3.00 bits per heavy atom. The first-order valence-electron chi connectivity index (χ1n) is 5.39. The number of ketones is 1. The first-order chi connectivity index (χ1) is 8.18. The maximum absolute atomic E-state index is 11.0. The van der Waals surface area contributed by atoms with E-state index in [1.54, 1.807) is 24.6 Å². The lowest BCUT2D eigenvalue weighted by atomic mass is 10.00. The van der Waals surface area contributed by atoms with Crippen LogP contribution in [0.1, 0.15) is 13.3 Å². The molecule has 1 heterocycles. The highest BCUT2D eigenvalue weighted by molar-refractivity contribution is 5.78. The number of allylic oxidation sites excluding steroid dienone is 4. The van der Waals surface area contributed by atoms with Crippen molar-refractivity contribution >= 4 is 12.0 Å². The molecule has 0 spiro atoms. The van der Waals surface area contributed by atoms with E-state index in [9.17, 15) is 9.90 Å². The zero-order chi connectivity index (χ0) is 12.3. The van der Waals surface area contributed by atoms with Crippen LogP contribution in [0.3, 0.4) is 0 Å². The standard InChI is InChI=1S/C13H13N2O2/c1-9(16)8-12(17)10-4-2-5-11(10)13-14-6-3-7-15-13/h2-7,12,17H,8H2,1H3/q-1/t12-/m1/s1. The Hall–Kier alpha value is -1.94. The van der Waals surface area contributed by atoms with Crippen molar-refractivity contribution in [2.75, 3.05) is 0 Å². The number of aliphatic hydroxyl groups is 1. The zero-order valence-corrected chi connectivity index (χ0v) is 9.50. The van der Waals surface area contributed by atoms with Gasteiger partial charge in [-0.25, -0.2) is 0 Å². The number of hydrogen-bond acceptors (Lipinski definition) is 3. The van der Waals surface area contributed by atoms with Gasteiger partial charge < -0.3 is 15.4 Å². The van der Waals surface area contributed by atoms with Crippen LogP contribution in [0.5, 0.6) is 0 Å². The number of aliphatic imine (C=N–C) groups is 1. The molecule has 4 nitrogen and oxygen atoms in total. The Morgan fingerprint density at radius 2 is 2.35 bits per heavy atom. The molecule has 0 aromatic heterocycles. The second kappa shape index (κ2) is 4.93. The maximum Gasteiger partial charge on any atom is 0.132 e. The monoisotopic (exact) mass is 229 g/mol. The van der Waals surface area contributed by atoms with Crippen LogP contribution in [0.15, 0.2) is 52.5 Å². The Labute approximate surface area is 99.7 Å². The average molecular weight is 229 g/mol. The first kappa shape index (κ1) is 11.5. The smallest absolute Gasteiger partial charge is 0.132 e. The molecule has 2 rings (SSSR count). The molecular weight excluding hydrogens is 216 g/mol. The fraction of sp³-hybridized carbons (Fsp3) is 0.231. The minimum absolute atomic E-state index is 0.0429. The van der Waals surface area contributed by atoms with E-state index >= 15 is 0 Å². The number of nitrogens with zero attached hydrogens (tertiary/aromatic N) is 2. The molecule has 0 bridgehead atoms. The summed E-state index contributed by atoms with van der Waals surface area (Å²) in [6.45, 7) is 1.46. The molecule has 0 radical (unpaired) electrons. The Morgan fingerprint density at radius 1 is 1.53 bits per heavy atom. The molecule has 1 N–H and O–H groups in total. The van der Waals surface area contributed by atoms with Crippen LogP contribution in [0.25, 0.3) is 5.32 Å². The fourth-order valence-electron chi connectivity index (χ4n) is 1.75. The summed E-state index contributed by atoms with van der Waals surface area (Å²) in [6, 6.07) is 0. The highest BCUT2D eigenvalue weighted by atomic mass is 16.3. The number of Topliss-reactive ketones (excluding diaryl/α,β-unsaturated/α-hetero) is 1. The van der Waals surface area contributed by atoms with E-state index in [-0.39, 0.29) is 12.2 Å². The fourth-order valence-corrected chi connectivity index (χ4v) is 1.75. The molecule has 0 aromatic carbocycles. The molecule has 0 saturated heterocycles. The van der Waals surface area contributed by atoms with Crippen molar-refractivity contribution in [2.24, 2.45) is 4.99 Å². The van der Waals surface area contributed by atoms with Crippen molar-refractivity contribution in [3.63, 3.8) is 0 Å². The summed E-state index contributed by atoms with van der Waals surface area (Å²) in [5.74, 6) is 0.522. The molecule has 1 atom stereocenters. The SMILES string of the molecule is CC(=O)C[C@@H](O)C1=CC=C/C1=C1\N=CC=C[N-]1. The highest BCUT2D eigenvalue weighted by Crippen LogP contribution is 2.30. The molecular formula is C13H13N2O2-. The quantitative estimate of drug-likeness (QED) is 0.804. The zero-order valence-electron chi connectivity index (χ0n) is 9.50. The van der Waals surface area contributed by atoms with Gasteiger partial charge in [-0.1, -0.05) is 42.5 Å². The first-order valence-corrected chi connectivity index (χ1v) is 5.39. The predicted molar refractivity (Wildman–Crippen MR) is 66.5 cm³/mol. The van der Waals surface area contributed by atoms with Crippen LogP contribution >= 0.6 is 0 Å². The largest absolute Gasteiger partial charge is 0.442 e.